The second-order valence-corrected chi connectivity index (χ2v) is 2.88. The molecule has 1 atom stereocenters. The van der Waals surface area contributed by atoms with Crippen LogP contribution < -0.4 is 5.73 Å². The Morgan fingerprint density at radius 1 is 1.69 bits per heavy atom. The molecule has 0 aliphatic heterocycles. The van der Waals surface area contributed by atoms with Crippen molar-refractivity contribution in [3.8, 4) is 0 Å². The zero-order chi connectivity index (χ0) is 10.1. The second kappa shape index (κ2) is 3.10. The maximum atomic E-state index is 12.4. The number of carbonyl (C=O) groups is 1. The van der Waals surface area contributed by atoms with Crippen LogP contribution in [0, 0.1) is 5.95 Å². The van der Waals surface area contributed by atoms with Gasteiger partial charge in [0.15, 0.2) is 0 Å². The van der Waals surface area contributed by atoms with Gasteiger partial charge < -0.3 is 10.8 Å². The van der Waals surface area contributed by atoms with Gasteiger partial charge in [-0.05, 0) is 13.0 Å². The lowest BCUT2D eigenvalue weighted by Crippen LogP contribution is -2.41. The molecule has 13 heavy (non-hydrogen) atoms. The summed E-state index contributed by atoms with van der Waals surface area (Å²) in [5.74, 6) is -1.84. The molecular weight excluding hydrogens is 175 g/mol. The number of nitrogens with two attached hydrogens (primary N) is 1. The fraction of sp³-hybridized carbons (Fsp3) is 0.250. The van der Waals surface area contributed by atoms with E-state index in [9.17, 15) is 9.18 Å². The van der Waals surface area contributed by atoms with E-state index in [0.29, 0.717) is 0 Å². The minimum Gasteiger partial charge on any atom is -0.480 e. The van der Waals surface area contributed by atoms with Gasteiger partial charge in [0, 0.05) is 11.8 Å². The van der Waals surface area contributed by atoms with Gasteiger partial charge in [-0.25, -0.2) is 9.78 Å². The molecule has 1 unspecified atom stereocenters. The zero-order valence-corrected chi connectivity index (χ0v) is 6.99. The van der Waals surface area contributed by atoms with Crippen LogP contribution in [0.5, 0.6) is 0 Å². The molecule has 0 aliphatic rings. The van der Waals surface area contributed by atoms with Crippen LogP contribution in [-0.4, -0.2) is 16.1 Å². The minimum absolute atomic E-state index is 0.265. The quantitative estimate of drug-likeness (QED) is 0.655. The predicted octanol–water partition coefficient (Wildman–Crippen LogP) is 0.479. The van der Waals surface area contributed by atoms with E-state index in [1.165, 1.54) is 13.0 Å². The first-order chi connectivity index (χ1) is 5.94. The molecule has 0 aromatic carbocycles. The van der Waals surface area contributed by atoms with Gasteiger partial charge in [-0.15, -0.1) is 0 Å². The van der Waals surface area contributed by atoms with E-state index in [-0.39, 0.29) is 5.56 Å². The summed E-state index contributed by atoms with van der Waals surface area (Å²) in [6.07, 6.45) is 1.11. The van der Waals surface area contributed by atoms with E-state index in [0.717, 1.165) is 12.3 Å². The summed E-state index contributed by atoms with van der Waals surface area (Å²) >= 11 is 0. The lowest BCUT2D eigenvalue weighted by molar-refractivity contribution is -0.143. The Morgan fingerprint density at radius 3 is 2.69 bits per heavy atom. The van der Waals surface area contributed by atoms with Gasteiger partial charge in [0.2, 0.25) is 5.95 Å². The first kappa shape index (κ1) is 9.60. The van der Waals surface area contributed by atoms with Crippen molar-refractivity contribution in [2.24, 2.45) is 5.73 Å². The van der Waals surface area contributed by atoms with E-state index >= 15 is 0 Å². The van der Waals surface area contributed by atoms with Gasteiger partial charge in [-0.2, -0.15) is 4.39 Å². The normalized spacial score (nSPS) is 15.0. The van der Waals surface area contributed by atoms with Crippen molar-refractivity contribution in [3.05, 3.63) is 29.8 Å². The van der Waals surface area contributed by atoms with Gasteiger partial charge in [-0.1, -0.05) is 6.07 Å². The standard InChI is InChI=1S/C8H9FN2O2/c1-8(10,7(12)13)5-2-3-6(9)11-4-5/h2-4H,10H2,1H3,(H,12,13). The summed E-state index contributed by atoms with van der Waals surface area (Å²) < 4.78 is 12.4. The zero-order valence-electron chi connectivity index (χ0n) is 6.99. The SMILES string of the molecule is CC(N)(C(=O)O)c1ccc(F)nc1. The Morgan fingerprint density at radius 2 is 2.31 bits per heavy atom. The fourth-order valence-electron chi connectivity index (χ4n) is 0.806. The average Bonchev–Trinajstić information content (AvgIpc) is 2.04. The highest BCUT2D eigenvalue weighted by Gasteiger charge is 2.30. The van der Waals surface area contributed by atoms with Crippen molar-refractivity contribution in [2.45, 2.75) is 12.5 Å². The molecule has 0 saturated heterocycles. The van der Waals surface area contributed by atoms with Crippen molar-refractivity contribution >= 4 is 5.97 Å². The number of aliphatic carboxylic acids is 1. The van der Waals surface area contributed by atoms with E-state index in [1.54, 1.807) is 0 Å². The van der Waals surface area contributed by atoms with Gasteiger partial charge in [0.05, 0.1) is 0 Å². The minimum atomic E-state index is -1.53. The molecule has 0 fully saturated rings. The van der Waals surface area contributed by atoms with Crippen LogP contribution in [0.4, 0.5) is 4.39 Å². The molecule has 5 heteroatoms. The molecule has 0 spiro atoms. The topological polar surface area (TPSA) is 76.2 Å². The van der Waals surface area contributed by atoms with Crippen molar-refractivity contribution in [1.82, 2.24) is 4.98 Å². The Hall–Kier alpha value is -1.49. The Balaban J connectivity index is 3.08. The third kappa shape index (κ3) is 1.81. The van der Waals surface area contributed by atoms with Gasteiger partial charge in [-0.3, -0.25) is 0 Å². The number of carboxylic acids is 1. The summed E-state index contributed by atoms with van der Waals surface area (Å²) in [4.78, 5) is 14.0. The van der Waals surface area contributed by atoms with Crippen molar-refractivity contribution < 1.29 is 14.3 Å². The second-order valence-electron chi connectivity index (χ2n) is 2.88. The largest absolute Gasteiger partial charge is 0.480 e. The van der Waals surface area contributed by atoms with Crippen molar-refractivity contribution in [2.75, 3.05) is 0 Å². The number of halogens is 1. The molecule has 1 rings (SSSR count). The number of pyridine rings is 1. The maximum absolute atomic E-state index is 12.4. The van der Waals surface area contributed by atoms with Crippen LogP contribution in [0.3, 0.4) is 0 Å². The van der Waals surface area contributed by atoms with Gasteiger partial charge >= 0.3 is 5.97 Å². The summed E-state index contributed by atoms with van der Waals surface area (Å²) in [7, 11) is 0. The molecular formula is C8H9FN2O2. The Bertz CT molecular complexity index is 321. The molecule has 4 nitrogen and oxygen atoms in total. The van der Waals surface area contributed by atoms with Gasteiger partial charge in [0.25, 0.3) is 0 Å². The first-order valence-corrected chi connectivity index (χ1v) is 3.59. The fourth-order valence-corrected chi connectivity index (χ4v) is 0.806. The number of nitrogens with zero attached hydrogens (tertiary/aromatic N) is 1. The molecule has 1 aromatic rings. The molecule has 0 amide bonds. The third-order valence-electron chi connectivity index (χ3n) is 1.77. The highest BCUT2D eigenvalue weighted by atomic mass is 19.1. The Kier molecular flexibility index (Phi) is 2.29. The lowest BCUT2D eigenvalue weighted by Gasteiger charge is -2.18. The molecule has 0 bridgehead atoms. The molecule has 3 N–H and O–H groups in total. The maximum Gasteiger partial charge on any atom is 0.328 e. The van der Waals surface area contributed by atoms with E-state index < -0.39 is 17.5 Å². The van der Waals surface area contributed by atoms with E-state index in [1.807, 2.05) is 0 Å². The van der Waals surface area contributed by atoms with Crippen molar-refractivity contribution in [3.63, 3.8) is 0 Å². The van der Waals surface area contributed by atoms with Crippen LogP contribution in [-0.2, 0) is 10.3 Å². The van der Waals surface area contributed by atoms with E-state index in [2.05, 4.69) is 4.98 Å². The molecule has 0 saturated carbocycles. The number of aromatic nitrogens is 1. The molecule has 1 aromatic heterocycles. The van der Waals surface area contributed by atoms with Crippen LogP contribution in [0.1, 0.15) is 12.5 Å². The van der Waals surface area contributed by atoms with Crippen LogP contribution in [0.15, 0.2) is 18.3 Å². The lowest BCUT2D eigenvalue weighted by atomic mass is 9.95. The predicted molar refractivity (Wildman–Crippen MR) is 43.4 cm³/mol. The van der Waals surface area contributed by atoms with Crippen LogP contribution in [0.25, 0.3) is 0 Å². The van der Waals surface area contributed by atoms with Crippen LogP contribution in [0.2, 0.25) is 0 Å². The Labute approximate surface area is 74.2 Å². The van der Waals surface area contributed by atoms with Crippen molar-refractivity contribution in [1.29, 1.82) is 0 Å². The molecule has 70 valence electrons. The van der Waals surface area contributed by atoms with E-state index in [4.69, 9.17) is 10.8 Å². The molecule has 0 radical (unpaired) electrons. The summed E-state index contributed by atoms with van der Waals surface area (Å²) in [6, 6.07) is 2.37. The highest BCUT2D eigenvalue weighted by Crippen LogP contribution is 2.16. The number of carboxylic acid groups (broad SMARTS) is 1. The summed E-state index contributed by atoms with van der Waals surface area (Å²) in [5, 5.41) is 8.72. The first-order valence-electron chi connectivity index (χ1n) is 3.59. The molecule has 0 aliphatic carbocycles. The third-order valence-corrected chi connectivity index (χ3v) is 1.77. The van der Waals surface area contributed by atoms with Gasteiger partial charge in [0.1, 0.15) is 5.54 Å². The molecule has 1 heterocycles. The average molecular weight is 184 g/mol. The number of rotatable bonds is 2. The highest BCUT2D eigenvalue weighted by molar-refractivity contribution is 5.79. The number of hydrogen-bond acceptors (Lipinski definition) is 3. The number of hydrogen-bond donors (Lipinski definition) is 2. The monoisotopic (exact) mass is 184 g/mol. The van der Waals surface area contributed by atoms with Crippen LogP contribution >= 0.6 is 0 Å². The summed E-state index contributed by atoms with van der Waals surface area (Å²) in [6.45, 7) is 1.32. The smallest absolute Gasteiger partial charge is 0.328 e. The summed E-state index contributed by atoms with van der Waals surface area (Å²) in [5.41, 5.74) is 4.21.